The summed E-state index contributed by atoms with van der Waals surface area (Å²) in [6, 6.07) is 2.94. The lowest BCUT2D eigenvalue weighted by Gasteiger charge is -2.22. The van der Waals surface area contributed by atoms with Crippen LogP contribution in [0.5, 0.6) is 0 Å². The van der Waals surface area contributed by atoms with E-state index in [-0.39, 0.29) is 18.6 Å². The number of carbonyl (C=O) groups is 1. The predicted molar refractivity (Wildman–Crippen MR) is 84.8 cm³/mol. The lowest BCUT2D eigenvalue weighted by atomic mass is 10.0. The number of aromatic nitrogens is 1. The maximum atomic E-state index is 11.9. The highest BCUT2D eigenvalue weighted by Gasteiger charge is 2.27. The topological polar surface area (TPSA) is 87.4 Å². The molecule has 2 amide bonds. The zero-order valence-electron chi connectivity index (χ0n) is 13.1. The SMILES string of the molecule is Cc1csc([C@H](C)NC(=O)NC[C@@](C)(O)c2ccc(C)o2)n1. The van der Waals surface area contributed by atoms with Crippen LogP contribution in [0.1, 0.15) is 42.1 Å². The highest BCUT2D eigenvalue weighted by atomic mass is 32.1. The van der Waals surface area contributed by atoms with Crippen molar-refractivity contribution in [1.82, 2.24) is 15.6 Å². The molecule has 22 heavy (non-hydrogen) atoms. The first kappa shape index (κ1) is 16.5. The highest BCUT2D eigenvalue weighted by molar-refractivity contribution is 7.09. The Kier molecular flexibility index (Phi) is 4.87. The monoisotopic (exact) mass is 323 g/mol. The molecule has 0 spiro atoms. The van der Waals surface area contributed by atoms with Crippen LogP contribution >= 0.6 is 11.3 Å². The summed E-state index contributed by atoms with van der Waals surface area (Å²) in [7, 11) is 0. The van der Waals surface area contributed by atoms with E-state index in [2.05, 4.69) is 15.6 Å². The van der Waals surface area contributed by atoms with Gasteiger partial charge in [0.25, 0.3) is 0 Å². The van der Waals surface area contributed by atoms with E-state index in [1.54, 1.807) is 26.0 Å². The van der Waals surface area contributed by atoms with Gasteiger partial charge in [-0.2, -0.15) is 0 Å². The molecule has 2 heterocycles. The second-order valence-corrected chi connectivity index (χ2v) is 6.45. The van der Waals surface area contributed by atoms with Crippen LogP contribution < -0.4 is 10.6 Å². The van der Waals surface area contributed by atoms with E-state index in [1.807, 2.05) is 19.2 Å². The van der Waals surface area contributed by atoms with Crippen molar-refractivity contribution in [3.63, 3.8) is 0 Å². The normalized spacial score (nSPS) is 15.1. The Hall–Kier alpha value is -1.86. The first-order chi connectivity index (χ1) is 10.3. The van der Waals surface area contributed by atoms with Gasteiger partial charge in [-0.1, -0.05) is 0 Å². The summed E-state index contributed by atoms with van der Waals surface area (Å²) in [6.07, 6.45) is 0. The highest BCUT2D eigenvalue weighted by Crippen LogP contribution is 2.22. The van der Waals surface area contributed by atoms with Gasteiger partial charge < -0.3 is 20.2 Å². The Labute approximate surface area is 133 Å². The lowest BCUT2D eigenvalue weighted by molar-refractivity contribution is 0.0359. The Morgan fingerprint density at radius 2 is 2.23 bits per heavy atom. The minimum atomic E-state index is -1.26. The van der Waals surface area contributed by atoms with Gasteiger partial charge in [-0.25, -0.2) is 9.78 Å². The fourth-order valence-electron chi connectivity index (χ4n) is 1.94. The van der Waals surface area contributed by atoms with Gasteiger partial charge in [0.15, 0.2) is 0 Å². The van der Waals surface area contributed by atoms with Crippen molar-refractivity contribution in [1.29, 1.82) is 0 Å². The van der Waals surface area contributed by atoms with Crippen molar-refractivity contribution in [2.75, 3.05) is 6.54 Å². The minimum absolute atomic E-state index is 0.0510. The van der Waals surface area contributed by atoms with Crippen LogP contribution in [0.15, 0.2) is 21.9 Å². The van der Waals surface area contributed by atoms with Gasteiger partial charge in [0.05, 0.1) is 12.6 Å². The molecule has 0 aliphatic carbocycles. The first-order valence-electron chi connectivity index (χ1n) is 7.03. The summed E-state index contributed by atoms with van der Waals surface area (Å²) >= 11 is 1.50. The minimum Gasteiger partial charge on any atom is -0.463 e. The zero-order valence-corrected chi connectivity index (χ0v) is 14.0. The molecule has 0 aliphatic rings. The number of hydrogen-bond donors (Lipinski definition) is 3. The number of carbonyl (C=O) groups excluding carboxylic acids is 1. The average molecular weight is 323 g/mol. The van der Waals surface area contributed by atoms with Gasteiger partial charge in [0, 0.05) is 11.1 Å². The average Bonchev–Trinajstić information content (AvgIpc) is 3.05. The molecular formula is C15H21N3O3S. The number of nitrogens with zero attached hydrogens (tertiary/aromatic N) is 1. The third-order valence-corrected chi connectivity index (χ3v) is 4.36. The van der Waals surface area contributed by atoms with Gasteiger partial charge >= 0.3 is 6.03 Å². The molecule has 0 saturated heterocycles. The van der Waals surface area contributed by atoms with E-state index >= 15 is 0 Å². The summed E-state index contributed by atoms with van der Waals surface area (Å²) in [5, 5.41) is 18.6. The van der Waals surface area contributed by atoms with E-state index in [0.29, 0.717) is 11.5 Å². The molecule has 6 nitrogen and oxygen atoms in total. The Balaban J connectivity index is 1.87. The fourth-order valence-corrected chi connectivity index (χ4v) is 2.75. The standard InChI is InChI=1S/C15H21N3O3S/c1-9-7-22-13(17-9)11(3)18-14(19)16-8-15(4,20)12-6-5-10(2)21-12/h5-7,11,20H,8H2,1-4H3,(H2,16,18,19)/t11-,15+/m0/s1. The van der Waals surface area contributed by atoms with E-state index < -0.39 is 5.60 Å². The number of thiazole rings is 1. The van der Waals surface area contributed by atoms with Gasteiger partial charge in [-0.3, -0.25) is 0 Å². The summed E-state index contributed by atoms with van der Waals surface area (Å²) in [4.78, 5) is 16.3. The molecule has 0 saturated carbocycles. The molecule has 2 aromatic rings. The van der Waals surface area contributed by atoms with Crippen molar-refractivity contribution in [3.8, 4) is 0 Å². The molecule has 0 bridgehead atoms. The molecule has 0 aliphatic heterocycles. The van der Waals surface area contributed by atoms with Crippen LogP contribution in [-0.4, -0.2) is 22.7 Å². The smallest absolute Gasteiger partial charge is 0.315 e. The molecule has 120 valence electrons. The molecule has 2 rings (SSSR count). The van der Waals surface area contributed by atoms with E-state index in [4.69, 9.17) is 4.42 Å². The Bertz CT molecular complexity index is 648. The van der Waals surface area contributed by atoms with Gasteiger partial charge in [-0.05, 0) is 39.8 Å². The summed E-state index contributed by atoms with van der Waals surface area (Å²) < 4.78 is 5.40. The van der Waals surface area contributed by atoms with Crippen LogP contribution in [0.4, 0.5) is 4.79 Å². The van der Waals surface area contributed by atoms with Crippen molar-refractivity contribution in [2.45, 2.75) is 39.3 Å². The number of furan rings is 1. The van der Waals surface area contributed by atoms with Gasteiger partial charge in [-0.15, -0.1) is 11.3 Å². The lowest BCUT2D eigenvalue weighted by Crippen LogP contribution is -2.44. The molecule has 0 fully saturated rings. The number of amides is 2. The largest absolute Gasteiger partial charge is 0.463 e. The number of nitrogens with one attached hydrogen (secondary N) is 2. The van der Waals surface area contributed by atoms with Gasteiger partial charge in [0.2, 0.25) is 0 Å². The molecule has 3 N–H and O–H groups in total. The number of aryl methyl sites for hydroxylation is 2. The quantitative estimate of drug-likeness (QED) is 0.789. The summed E-state index contributed by atoms with van der Waals surface area (Å²) in [6.45, 7) is 7.23. The Morgan fingerprint density at radius 3 is 2.77 bits per heavy atom. The fraction of sp³-hybridized carbons (Fsp3) is 0.467. The zero-order chi connectivity index (χ0) is 16.3. The number of rotatable bonds is 5. The van der Waals surface area contributed by atoms with E-state index in [1.165, 1.54) is 11.3 Å². The molecule has 0 unspecified atom stereocenters. The van der Waals surface area contributed by atoms with Crippen LogP contribution in [0, 0.1) is 13.8 Å². The van der Waals surface area contributed by atoms with Crippen molar-refractivity contribution in [2.24, 2.45) is 0 Å². The molecule has 7 heteroatoms. The second-order valence-electron chi connectivity index (χ2n) is 5.56. The number of urea groups is 1. The summed E-state index contributed by atoms with van der Waals surface area (Å²) in [5.74, 6) is 1.14. The first-order valence-corrected chi connectivity index (χ1v) is 7.91. The Morgan fingerprint density at radius 1 is 1.50 bits per heavy atom. The number of hydrogen-bond acceptors (Lipinski definition) is 5. The van der Waals surface area contributed by atoms with Gasteiger partial charge in [0.1, 0.15) is 22.1 Å². The maximum absolute atomic E-state index is 11.9. The summed E-state index contributed by atoms with van der Waals surface area (Å²) in [5.41, 5.74) is -0.322. The van der Waals surface area contributed by atoms with Crippen LogP contribution in [0.3, 0.4) is 0 Å². The van der Waals surface area contributed by atoms with Crippen molar-refractivity contribution < 1.29 is 14.3 Å². The second kappa shape index (κ2) is 6.50. The van der Waals surface area contributed by atoms with Crippen LogP contribution in [0.2, 0.25) is 0 Å². The predicted octanol–water partition coefficient (Wildman–Crippen LogP) is 2.62. The maximum Gasteiger partial charge on any atom is 0.315 e. The molecule has 0 aromatic carbocycles. The van der Waals surface area contributed by atoms with Crippen molar-refractivity contribution in [3.05, 3.63) is 39.7 Å². The molecular weight excluding hydrogens is 302 g/mol. The third-order valence-electron chi connectivity index (χ3n) is 3.22. The van der Waals surface area contributed by atoms with Crippen LogP contribution in [0.25, 0.3) is 0 Å². The van der Waals surface area contributed by atoms with Crippen molar-refractivity contribution >= 4 is 17.4 Å². The van der Waals surface area contributed by atoms with E-state index in [9.17, 15) is 9.90 Å². The van der Waals surface area contributed by atoms with E-state index in [0.717, 1.165) is 10.7 Å². The molecule has 2 aromatic heterocycles. The number of aliphatic hydroxyl groups is 1. The van der Waals surface area contributed by atoms with Crippen LogP contribution in [-0.2, 0) is 5.60 Å². The molecule has 2 atom stereocenters. The third kappa shape index (κ3) is 4.08. The molecule has 0 radical (unpaired) electrons.